The van der Waals surface area contributed by atoms with Crippen LogP contribution in [0.3, 0.4) is 0 Å². The van der Waals surface area contributed by atoms with Crippen LogP contribution < -0.4 is 5.32 Å². The number of hydrogen-bond acceptors (Lipinski definition) is 3. The van der Waals surface area contributed by atoms with Crippen molar-refractivity contribution in [2.24, 2.45) is 0 Å². The number of nitrogens with zero attached hydrogens (tertiary/aromatic N) is 2. The maximum Gasteiger partial charge on any atom is 0.0238 e. The lowest BCUT2D eigenvalue weighted by Gasteiger charge is -2.38. The number of rotatable bonds is 7. The number of hydrogen-bond donors (Lipinski definition) is 1. The van der Waals surface area contributed by atoms with Crippen LogP contribution in [0, 0.1) is 0 Å². The van der Waals surface area contributed by atoms with Crippen LogP contribution in [0.2, 0.25) is 0 Å². The molecule has 1 heterocycles. The second-order valence-corrected chi connectivity index (χ2v) is 6.12. The summed E-state index contributed by atoms with van der Waals surface area (Å²) in [6.45, 7) is 14.7. The molecule has 1 aliphatic heterocycles. The SMILES string of the molecule is CCNCc1ccccc1CN1CCN(C(C)CC)CC1. The smallest absolute Gasteiger partial charge is 0.0238 e. The van der Waals surface area contributed by atoms with Gasteiger partial charge in [0, 0.05) is 45.3 Å². The molecule has 0 spiro atoms. The monoisotopic (exact) mass is 289 g/mol. The summed E-state index contributed by atoms with van der Waals surface area (Å²) >= 11 is 0. The zero-order valence-electron chi connectivity index (χ0n) is 13.9. The molecular weight excluding hydrogens is 258 g/mol. The summed E-state index contributed by atoms with van der Waals surface area (Å²) in [5.74, 6) is 0. The van der Waals surface area contributed by atoms with Crippen LogP contribution >= 0.6 is 0 Å². The first kappa shape index (κ1) is 16.5. The fourth-order valence-electron chi connectivity index (χ4n) is 3.01. The van der Waals surface area contributed by atoms with Crippen molar-refractivity contribution >= 4 is 0 Å². The van der Waals surface area contributed by atoms with E-state index in [9.17, 15) is 0 Å². The predicted octanol–water partition coefficient (Wildman–Crippen LogP) is 2.71. The van der Waals surface area contributed by atoms with Crippen LogP contribution in [0.4, 0.5) is 0 Å². The van der Waals surface area contributed by atoms with Crippen molar-refractivity contribution in [1.82, 2.24) is 15.1 Å². The molecule has 2 rings (SSSR count). The lowest BCUT2D eigenvalue weighted by Crippen LogP contribution is -2.49. The van der Waals surface area contributed by atoms with E-state index in [0.717, 1.165) is 25.7 Å². The van der Waals surface area contributed by atoms with Crippen LogP contribution in [0.1, 0.15) is 38.3 Å². The van der Waals surface area contributed by atoms with Crippen LogP contribution in [0.5, 0.6) is 0 Å². The molecule has 0 amide bonds. The first-order chi connectivity index (χ1) is 10.2. The lowest BCUT2D eigenvalue weighted by atomic mass is 10.1. The van der Waals surface area contributed by atoms with E-state index in [1.165, 1.54) is 43.7 Å². The Morgan fingerprint density at radius 3 is 2.33 bits per heavy atom. The summed E-state index contributed by atoms with van der Waals surface area (Å²) in [5, 5.41) is 3.45. The highest BCUT2D eigenvalue weighted by Gasteiger charge is 2.20. The summed E-state index contributed by atoms with van der Waals surface area (Å²) in [4.78, 5) is 5.23. The minimum absolute atomic E-state index is 0.730. The highest BCUT2D eigenvalue weighted by atomic mass is 15.3. The molecule has 1 fully saturated rings. The van der Waals surface area contributed by atoms with E-state index in [2.05, 4.69) is 60.2 Å². The molecule has 0 bridgehead atoms. The Labute approximate surface area is 130 Å². The minimum Gasteiger partial charge on any atom is -0.313 e. The number of piperazine rings is 1. The van der Waals surface area contributed by atoms with Crippen molar-refractivity contribution in [1.29, 1.82) is 0 Å². The predicted molar refractivity (Wildman–Crippen MR) is 90.4 cm³/mol. The quantitative estimate of drug-likeness (QED) is 0.832. The molecule has 1 aliphatic rings. The van der Waals surface area contributed by atoms with Gasteiger partial charge in [0.1, 0.15) is 0 Å². The first-order valence-corrected chi connectivity index (χ1v) is 8.48. The second kappa shape index (κ2) is 8.52. The third kappa shape index (κ3) is 4.80. The lowest BCUT2D eigenvalue weighted by molar-refractivity contribution is 0.0962. The third-order valence-corrected chi connectivity index (χ3v) is 4.70. The molecule has 118 valence electrons. The summed E-state index contributed by atoms with van der Waals surface area (Å²) in [7, 11) is 0. The second-order valence-electron chi connectivity index (χ2n) is 6.12. The Morgan fingerprint density at radius 2 is 1.71 bits per heavy atom. The molecule has 1 atom stereocenters. The Morgan fingerprint density at radius 1 is 1.05 bits per heavy atom. The Bertz CT molecular complexity index is 411. The Hall–Kier alpha value is -0.900. The molecule has 1 N–H and O–H groups in total. The topological polar surface area (TPSA) is 18.5 Å². The van der Waals surface area contributed by atoms with E-state index in [4.69, 9.17) is 0 Å². The van der Waals surface area contributed by atoms with E-state index in [0.29, 0.717) is 0 Å². The zero-order valence-corrected chi connectivity index (χ0v) is 13.9. The van der Waals surface area contributed by atoms with Crippen molar-refractivity contribution < 1.29 is 0 Å². The molecule has 21 heavy (non-hydrogen) atoms. The van der Waals surface area contributed by atoms with Gasteiger partial charge in [-0.15, -0.1) is 0 Å². The van der Waals surface area contributed by atoms with Crippen molar-refractivity contribution in [2.45, 2.75) is 46.3 Å². The van der Waals surface area contributed by atoms with Gasteiger partial charge in [-0.3, -0.25) is 9.80 Å². The van der Waals surface area contributed by atoms with Gasteiger partial charge in [-0.25, -0.2) is 0 Å². The van der Waals surface area contributed by atoms with Crippen molar-refractivity contribution in [2.75, 3.05) is 32.7 Å². The van der Waals surface area contributed by atoms with Crippen LogP contribution in [-0.2, 0) is 13.1 Å². The van der Waals surface area contributed by atoms with E-state index in [1.807, 2.05) is 0 Å². The molecule has 1 aromatic rings. The molecule has 0 aromatic heterocycles. The van der Waals surface area contributed by atoms with Crippen LogP contribution in [-0.4, -0.2) is 48.6 Å². The van der Waals surface area contributed by atoms with Gasteiger partial charge in [-0.05, 0) is 31.0 Å². The largest absolute Gasteiger partial charge is 0.313 e. The standard InChI is InChI=1S/C18H31N3/c1-4-16(3)21-12-10-20(11-13-21)15-18-9-7-6-8-17(18)14-19-5-2/h6-9,16,19H,4-5,10-15H2,1-3H3. The maximum absolute atomic E-state index is 3.45. The molecule has 3 nitrogen and oxygen atoms in total. The van der Waals surface area contributed by atoms with Gasteiger partial charge in [0.15, 0.2) is 0 Å². The molecule has 1 aromatic carbocycles. The first-order valence-electron chi connectivity index (χ1n) is 8.48. The average Bonchev–Trinajstić information content (AvgIpc) is 2.54. The van der Waals surface area contributed by atoms with Gasteiger partial charge in [-0.2, -0.15) is 0 Å². The zero-order chi connectivity index (χ0) is 15.1. The van der Waals surface area contributed by atoms with Crippen molar-refractivity contribution in [3.8, 4) is 0 Å². The van der Waals surface area contributed by atoms with E-state index < -0.39 is 0 Å². The fourth-order valence-corrected chi connectivity index (χ4v) is 3.01. The normalized spacial score (nSPS) is 18.8. The highest BCUT2D eigenvalue weighted by Crippen LogP contribution is 2.15. The fraction of sp³-hybridized carbons (Fsp3) is 0.667. The maximum atomic E-state index is 3.45. The van der Waals surface area contributed by atoms with E-state index in [-0.39, 0.29) is 0 Å². The molecule has 0 aliphatic carbocycles. The van der Waals surface area contributed by atoms with Gasteiger partial charge < -0.3 is 5.32 Å². The summed E-state index contributed by atoms with van der Waals surface area (Å²) in [6, 6.07) is 9.59. The summed E-state index contributed by atoms with van der Waals surface area (Å²) < 4.78 is 0. The molecule has 0 radical (unpaired) electrons. The van der Waals surface area contributed by atoms with Crippen molar-refractivity contribution in [3.05, 3.63) is 35.4 Å². The van der Waals surface area contributed by atoms with Gasteiger partial charge in [0.2, 0.25) is 0 Å². The molecule has 0 saturated carbocycles. The number of benzene rings is 1. The van der Waals surface area contributed by atoms with Crippen LogP contribution in [0.15, 0.2) is 24.3 Å². The van der Waals surface area contributed by atoms with Crippen molar-refractivity contribution in [3.63, 3.8) is 0 Å². The summed E-state index contributed by atoms with van der Waals surface area (Å²) in [5.41, 5.74) is 2.93. The summed E-state index contributed by atoms with van der Waals surface area (Å²) in [6.07, 6.45) is 1.26. The van der Waals surface area contributed by atoms with Gasteiger partial charge in [0.05, 0.1) is 0 Å². The number of nitrogens with one attached hydrogen (secondary N) is 1. The van der Waals surface area contributed by atoms with E-state index >= 15 is 0 Å². The highest BCUT2D eigenvalue weighted by molar-refractivity contribution is 5.27. The van der Waals surface area contributed by atoms with Gasteiger partial charge in [-0.1, -0.05) is 38.1 Å². The van der Waals surface area contributed by atoms with Crippen LogP contribution in [0.25, 0.3) is 0 Å². The molecule has 3 heteroatoms. The molecule has 1 saturated heterocycles. The minimum atomic E-state index is 0.730. The Balaban J connectivity index is 1.88. The van der Waals surface area contributed by atoms with Gasteiger partial charge in [0.25, 0.3) is 0 Å². The average molecular weight is 289 g/mol. The van der Waals surface area contributed by atoms with Gasteiger partial charge >= 0.3 is 0 Å². The Kier molecular flexibility index (Phi) is 6.68. The van der Waals surface area contributed by atoms with E-state index in [1.54, 1.807) is 0 Å². The third-order valence-electron chi connectivity index (χ3n) is 4.70. The molecule has 1 unspecified atom stereocenters. The molecular formula is C18H31N3.